The van der Waals surface area contributed by atoms with Gasteiger partial charge in [0.05, 0.1) is 12.4 Å². The van der Waals surface area contributed by atoms with E-state index >= 15 is 0 Å². The fourth-order valence-electron chi connectivity index (χ4n) is 2.85. The molecule has 0 bridgehead atoms. The smallest absolute Gasteiger partial charge is 0.274 e. The highest BCUT2D eigenvalue weighted by Gasteiger charge is 2.23. The molecular weight excluding hydrogens is 333 g/mol. The largest absolute Gasteiger partial charge is 0.368 e. The highest BCUT2D eigenvalue weighted by Crippen LogP contribution is 2.17. The first-order chi connectivity index (χ1) is 12.6. The SMILES string of the molecule is CCC(C)Nc1cnc(C(=O)N2CCN(c3ccc(F)cc3)CC2)cn1. The molecule has 2 heterocycles. The Labute approximate surface area is 153 Å². The van der Waals surface area contributed by atoms with Gasteiger partial charge in [-0.25, -0.2) is 14.4 Å². The van der Waals surface area contributed by atoms with Crippen molar-refractivity contribution in [3.8, 4) is 0 Å². The lowest BCUT2D eigenvalue weighted by atomic mass is 10.2. The molecule has 1 unspecified atom stereocenters. The van der Waals surface area contributed by atoms with E-state index in [1.165, 1.54) is 18.3 Å². The second-order valence-corrected chi connectivity index (χ2v) is 6.50. The number of nitrogens with zero attached hydrogens (tertiary/aromatic N) is 4. The summed E-state index contributed by atoms with van der Waals surface area (Å²) in [6.07, 6.45) is 4.12. The first-order valence-electron chi connectivity index (χ1n) is 8.95. The number of halogens is 1. The van der Waals surface area contributed by atoms with Crippen molar-refractivity contribution in [3.63, 3.8) is 0 Å². The van der Waals surface area contributed by atoms with Gasteiger partial charge in [-0.3, -0.25) is 4.79 Å². The van der Waals surface area contributed by atoms with Gasteiger partial charge in [-0.2, -0.15) is 0 Å². The Bertz CT molecular complexity index is 727. The van der Waals surface area contributed by atoms with Crippen LogP contribution in [0.25, 0.3) is 0 Å². The molecule has 1 aromatic carbocycles. The van der Waals surface area contributed by atoms with Gasteiger partial charge >= 0.3 is 0 Å². The lowest BCUT2D eigenvalue weighted by Crippen LogP contribution is -2.49. The molecule has 7 heteroatoms. The van der Waals surface area contributed by atoms with Crippen LogP contribution in [-0.4, -0.2) is 53.0 Å². The first-order valence-corrected chi connectivity index (χ1v) is 8.95. The number of hydrogen-bond donors (Lipinski definition) is 1. The second kappa shape index (κ2) is 8.12. The maximum atomic E-state index is 13.0. The number of carbonyl (C=O) groups is 1. The molecule has 1 fully saturated rings. The molecule has 3 rings (SSSR count). The van der Waals surface area contributed by atoms with Crippen LogP contribution in [-0.2, 0) is 0 Å². The minimum Gasteiger partial charge on any atom is -0.368 e. The molecule has 26 heavy (non-hydrogen) atoms. The van der Waals surface area contributed by atoms with Crippen LogP contribution >= 0.6 is 0 Å². The molecule has 1 atom stereocenters. The van der Waals surface area contributed by atoms with Crippen molar-refractivity contribution in [1.29, 1.82) is 0 Å². The van der Waals surface area contributed by atoms with Crippen LogP contribution in [0.5, 0.6) is 0 Å². The molecule has 1 amide bonds. The Morgan fingerprint density at radius 2 is 1.85 bits per heavy atom. The fourth-order valence-corrected chi connectivity index (χ4v) is 2.85. The van der Waals surface area contributed by atoms with E-state index in [9.17, 15) is 9.18 Å². The van der Waals surface area contributed by atoms with E-state index in [1.807, 2.05) is 0 Å². The molecule has 1 saturated heterocycles. The maximum Gasteiger partial charge on any atom is 0.274 e. The molecule has 1 N–H and O–H groups in total. The van der Waals surface area contributed by atoms with Crippen molar-refractivity contribution in [1.82, 2.24) is 14.9 Å². The highest BCUT2D eigenvalue weighted by atomic mass is 19.1. The molecule has 6 nitrogen and oxygen atoms in total. The maximum absolute atomic E-state index is 13.0. The summed E-state index contributed by atoms with van der Waals surface area (Å²) in [7, 11) is 0. The third-order valence-corrected chi connectivity index (χ3v) is 4.64. The first kappa shape index (κ1) is 18.1. The van der Waals surface area contributed by atoms with Gasteiger partial charge in [0.1, 0.15) is 17.3 Å². The Morgan fingerprint density at radius 3 is 2.42 bits per heavy atom. The standard InChI is InChI=1S/C19H24FN5O/c1-3-14(2)23-18-13-21-17(12-22-18)19(26)25-10-8-24(9-11-25)16-6-4-15(20)5-7-16/h4-7,12-14H,3,8-11H2,1-2H3,(H,22,23). The number of amides is 1. The van der Waals surface area contributed by atoms with Crippen LogP contribution in [0.2, 0.25) is 0 Å². The third-order valence-electron chi connectivity index (χ3n) is 4.64. The normalized spacial score (nSPS) is 15.7. The van der Waals surface area contributed by atoms with Crippen molar-refractivity contribution in [2.45, 2.75) is 26.3 Å². The molecule has 0 radical (unpaired) electrons. The van der Waals surface area contributed by atoms with Crippen molar-refractivity contribution < 1.29 is 9.18 Å². The summed E-state index contributed by atoms with van der Waals surface area (Å²) in [5, 5.41) is 3.23. The average molecular weight is 357 g/mol. The van der Waals surface area contributed by atoms with Gasteiger partial charge in [-0.05, 0) is 37.6 Å². The number of anilines is 2. The van der Waals surface area contributed by atoms with Gasteiger partial charge in [-0.1, -0.05) is 6.92 Å². The molecule has 0 saturated carbocycles. The van der Waals surface area contributed by atoms with E-state index in [0.717, 1.165) is 12.1 Å². The number of aromatic nitrogens is 2. The van der Waals surface area contributed by atoms with Crippen molar-refractivity contribution in [2.75, 3.05) is 36.4 Å². The van der Waals surface area contributed by atoms with Crippen molar-refractivity contribution in [2.24, 2.45) is 0 Å². The minimum absolute atomic E-state index is 0.105. The molecule has 2 aromatic rings. The van der Waals surface area contributed by atoms with E-state index in [0.29, 0.717) is 43.7 Å². The lowest BCUT2D eigenvalue weighted by Gasteiger charge is -2.35. The Morgan fingerprint density at radius 1 is 1.15 bits per heavy atom. The quantitative estimate of drug-likeness (QED) is 0.892. The molecule has 1 aliphatic rings. The molecule has 1 aliphatic heterocycles. The lowest BCUT2D eigenvalue weighted by molar-refractivity contribution is 0.0740. The Hall–Kier alpha value is -2.70. The van der Waals surface area contributed by atoms with Crippen molar-refractivity contribution in [3.05, 3.63) is 48.2 Å². The topological polar surface area (TPSA) is 61.4 Å². The number of benzene rings is 1. The van der Waals surface area contributed by atoms with Gasteiger partial charge in [0.25, 0.3) is 5.91 Å². The molecule has 138 valence electrons. The molecule has 0 aliphatic carbocycles. The van der Waals surface area contributed by atoms with Gasteiger partial charge in [0.2, 0.25) is 0 Å². The predicted molar refractivity (Wildman–Crippen MR) is 99.9 cm³/mol. The van der Waals surface area contributed by atoms with Crippen LogP contribution < -0.4 is 10.2 Å². The minimum atomic E-state index is -0.243. The van der Waals surface area contributed by atoms with Gasteiger partial charge in [0, 0.05) is 37.9 Å². The van der Waals surface area contributed by atoms with Gasteiger partial charge in [-0.15, -0.1) is 0 Å². The van der Waals surface area contributed by atoms with Crippen molar-refractivity contribution >= 4 is 17.4 Å². The van der Waals surface area contributed by atoms with E-state index < -0.39 is 0 Å². The van der Waals surface area contributed by atoms with Crippen LogP contribution in [0.15, 0.2) is 36.7 Å². The second-order valence-electron chi connectivity index (χ2n) is 6.50. The number of rotatable bonds is 5. The average Bonchev–Trinajstić information content (AvgIpc) is 2.68. The number of carbonyl (C=O) groups excluding carboxylic acids is 1. The number of piperazine rings is 1. The van der Waals surface area contributed by atoms with Gasteiger partial charge < -0.3 is 15.1 Å². The fraction of sp³-hybridized carbons (Fsp3) is 0.421. The van der Waals surface area contributed by atoms with Crippen LogP contribution in [0, 0.1) is 5.82 Å². The summed E-state index contributed by atoms with van der Waals surface area (Å²) >= 11 is 0. The zero-order chi connectivity index (χ0) is 18.5. The molecule has 0 spiro atoms. The summed E-state index contributed by atoms with van der Waals surface area (Å²) < 4.78 is 13.0. The van der Waals surface area contributed by atoms with E-state index in [2.05, 4.69) is 34.0 Å². The zero-order valence-corrected chi connectivity index (χ0v) is 15.2. The summed E-state index contributed by atoms with van der Waals surface area (Å²) in [4.78, 5) is 25.1. The van der Waals surface area contributed by atoms with Crippen LogP contribution in [0.3, 0.4) is 0 Å². The molecular formula is C19H24FN5O. The van der Waals surface area contributed by atoms with Crippen LogP contribution in [0.1, 0.15) is 30.8 Å². The molecule has 1 aromatic heterocycles. The van der Waals surface area contributed by atoms with E-state index in [1.54, 1.807) is 23.2 Å². The van der Waals surface area contributed by atoms with E-state index in [-0.39, 0.29) is 11.7 Å². The third kappa shape index (κ3) is 4.28. The predicted octanol–water partition coefficient (Wildman–Crippen LogP) is 2.79. The summed E-state index contributed by atoms with van der Waals surface area (Å²) in [6, 6.07) is 6.75. The summed E-state index contributed by atoms with van der Waals surface area (Å²) in [6.45, 7) is 6.78. The zero-order valence-electron chi connectivity index (χ0n) is 15.2. The van der Waals surface area contributed by atoms with E-state index in [4.69, 9.17) is 0 Å². The Balaban J connectivity index is 1.57. The number of hydrogen-bond acceptors (Lipinski definition) is 5. The summed E-state index contributed by atoms with van der Waals surface area (Å²) in [5.74, 6) is 0.329. The Kier molecular flexibility index (Phi) is 5.65. The summed E-state index contributed by atoms with van der Waals surface area (Å²) in [5.41, 5.74) is 1.33. The number of nitrogens with one attached hydrogen (secondary N) is 1. The monoisotopic (exact) mass is 357 g/mol. The van der Waals surface area contributed by atoms with Crippen LogP contribution in [0.4, 0.5) is 15.9 Å². The van der Waals surface area contributed by atoms with Gasteiger partial charge in [0.15, 0.2) is 0 Å². The highest BCUT2D eigenvalue weighted by molar-refractivity contribution is 5.92.